The molecule has 0 amide bonds. The lowest BCUT2D eigenvalue weighted by Gasteiger charge is -2.04. The zero-order valence-corrected chi connectivity index (χ0v) is 7.39. The smallest absolute Gasteiger partial charge is 0.319 e. The molecule has 0 aromatic rings. The highest BCUT2D eigenvalue weighted by Gasteiger charge is 2.75. The van der Waals surface area contributed by atoms with Crippen LogP contribution in [0.1, 0.15) is 26.2 Å². The zero-order valence-electron chi connectivity index (χ0n) is 7.39. The highest BCUT2D eigenvalue weighted by atomic mass is 19.3. The summed E-state index contributed by atoms with van der Waals surface area (Å²) in [6.45, 7) is 1.91. The maximum atomic E-state index is 12.7. The number of aliphatic carboxylic acids is 1. The van der Waals surface area contributed by atoms with Crippen LogP contribution < -0.4 is 0 Å². The maximum Gasteiger partial charge on any atom is 0.319 e. The van der Waals surface area contributed by atoms with E-state index in [0.29, 0.717) is 6.42 Å². The third kappa shape index (κ3) is 1.57. The van der Waals surface area contributed by atoms with E-state index in [2.05, 4.69) is 0 Å². The van der Waals surface area contributed by atoms with Gasteiger partial charge in [-0.05, 0) is 6.42 Å². The van der Waals surface area contributed by atoms with Crippen molar-refractivity contribution in [3.05, 3.63) is 12.2 Å². The minimum absolute atomic E-state index is 0.560. The predicted octanol–water partition coefficient (Wildman–Crippen LogP) is 2.45. The van der Waals surface area contributed by atoms with Crippen LogP contribution in [-0.4, -0.2) is 17.0 Å². The first-order valence-corrected chi connectivity index (χ1v) is 4.25. The molecule has 0 aromatic heterocycles. The minimum Gasteiger partial charge on any atom is -0.480 e. The first-order valence-electron chi connectivity index (χ1n) is 4.25. The Kier molecular flexibility index (Phi) is 2.41. The number of carboxylic acids is 1. The van der Waals surface area contributed by atoms with Gasteiger partial charge >= 0.3 is 5.97 Å². The Labute approximate surface area is 75.3 Å². The van der Waals surface area contributed by atoms with Gasteiger partial charge in [0.2, 0.25) is 0 Å². The molecule has 0 aromatic carbocycles. The number of carbonyl (C=O) groups is 1. The average molecular weight is 190 g/mol. The van der Waals surface area contributed by atoms with Gasteiger partial charge in [-0.3, -0.25) is 4.79 Å². The van der Waals surface area contributed by atoms with Crippen LogP contribution in [0.4, 0.5) is 8.78 Å². The molecular formula is C9H12F2O2. The Bertz CT molecular complexity index is 248. The molecule has 0 aliphatic heterocycles. The fraction of sp³-hybridized carbons (Fsp3) is 0.667. The number of halogens is 2. The van der Waals surface area contributed by atoms with Crippen molar-refractivity contribution in [3.8, 4) is 0 Å². The number of hydrogen-bond donors (Lipinski definition) is 1. The SMILES string of the molecule is CCC/C=C/C1(C(=O)O)CC1(F)F. The van der Waals surface area contributed by atoms with Crippen molar-refractivity contribution in [2.75, 3.05) is 0 Å². The third-order valence-electron chi connectivity index (χ3n) is 2.27. The molecular weight excluding hydrogens is 178 g/mol. The summed E-state index contributed by atoms with van der Waals surface area (Å²) in [7, 11) is 0. The van der Waals surface area contributed by atoms with Gasteiger partial charge in [0.25, 0.3) is 5.92 Å². The van der Waals surface area contributed by atoms with E-state index in [9.17, 15) is 13.6 Å². The lowest BCUT2D eigenvalue weighted by molar-refractivity contribution is -0.144. The molecule has 0 radical (unpaired) electrons. The largest absolute Gasteiger partial charge is 0.480 e. The van der Waals surface area contributed by atoms with E-state index >= 15 is 0 Å². The molecule has 0 spiro atoms. The van der Waals surface area contributed by atoms with Crippen molar-refractivity contribution >= 4 is 5.97 Å². The summed E-state index contributed by atoms with van der Waals surface area (Å²) in [5, 5.41) is 8.61. The lowest BCUT2D eigenvalue weighted by Crippen LogP contribution is -2.19. The molecule has 1 aliphatic rings. The van der Waals surface area contributed by atoms with Crippen LogP contribution in [0.2, 0.25) is 0 Å². The highest BCUT2D eigenvalue weighted by Crippen LogP contribution is 2.61. The van der Waals surface area contributed by atoms with Gasteiger partial charge in [0, 0.05) is 6.42 Å². The topological polar surface area (TPSA) is 37.3 Å². The minimum atomic E-state index is -3.05. The number of hydrogen-bond acceptors (Lipinski definition) is 1. The number of unbranched alkanes of at least 4 members (excludes halogenated alkanes) is 1. The van der Waals surface area contributed by atoms with Crippen LogP contribution in [-0.2, 0) is 4.79 Å². The Hall–Kier alpha value is -0.930. The molecule has 1 atom stereocenters. The van der Waals surface area contributed by atoms with Crippen LogP contribution in [0.3, 0.4) is 0 Å². The molecule has 4 heteroatoms. The molecule has 1 rings (SSSR count). The Morgan fingerprint density at radius 1 is 1.62 bits per heavy atom. The first-order chi connectivity index (χ1) is 5.96. The Balaban J connectivity index is 2.68. The van der Waals surface area contributed by atoms with Gasteiger partial charge in [-0.15, -0.1) is 0 Å². The van der Waals surface area contributed by atoms with Crippen LogP contribution in [0.15, 0.2) is 12.2 Å². The van der Waals surface area contributed by atoms with Crippen molar-refractivity contribution in [2.45, 2.75) is 32.1 Å². The highest BCUT2D eigenvalue weighted by molar-refractivity contribution is 5.83. The summed E-state index contributed by atoms with van der Waals surface area (Å²) >= 11 is 0. The summed E-state index contributed by atoms with van der Waals surface area (Å²) in [6.07, 6.45) is 3.58. The molecule has 1 aliphatic carbocycles. The summed E-state index contributed by atoms with van der Waals surface area (Å²) in [6, 6.07) is 0. The number of rotatable bonds is 4. The van der Waals surface area contributed by atoms with E-state index < -0.39 is 23.7 Å². The normalized spacial score (nSPS) is 30.7. The van der Waals surface area contributed by atoms with Gasteiger partial charge in [0.1, 0.15) is 0 Å². The molecule has 0 saturated heterocycles. The fourth-order valence-electron chi connectivity index (χ4n) is 1.24. The lowest BCUT2D eigenvalue weighted by atomic mass is 10.1. The van der Waals surface area contributed by atoms with E-state index in [1.54, 1.807) is 0 Å². The molecule has 1 N–H and O–H groups in total. The molecule has 1 saturated carbocycles. The second-order valence-corrected chi connectivity index (χ2v) is 3.35. The Morgan fingerprint density at radius 2 is 2.15 bits per heavy atom. The Morgan fingerprint density at radius 3 is 2.46 bits per heavy atom. The van der Waals surface area contributed by atoms with Crippen LogP contribution >= 0.6 is 0 Å². The second-order valence-electron chi connectivity index (χ2n) is 3.35. The van der Waals surface area contributed by atoms with Gasteiger partial charge in [-0.25, -0.2) is 8.78 Å². The fourth-order valence-corrected chi connectivity index (χ4v) is 1.24. The summed E-state index contributed by atoms with van der Waals surface area (Å²) < 4.78 is 25.4. The monoisotopic (exact) mass is 190 g/mol. The van der Waals surface area contributed by atoms with Gasteiger partial charge in [0.15, 0.2) is 5.41 Å². The van der Waals surface area contributed by atoms with Crippen LogP contribution in [0, 0.1) is 5.41 Å². The van der Waals surface area contributed by atoms with E-state index in [-0.39, 0.29) is 0 Å². The molecule has 0 bridgehead atoms. The predicted molar refractivity (Wildman–Crippen MR) is 43.7 cm³/mol. The number of carboxylic acid groups (broad SMARTS) is 1. The van der Waals surface area contributed by atoms with Gasteiger partial charge < -0.3 is 5.11 Å². The molecule has 0 heterocycles. The van der Waals surface area contributed by atoms with E-state index in [1.807, 2.05) is 6.92 Å². The molecule has 13 heavy (non-hydrogen) atoms. The summed E-state index contributed by atoms with van der Waals surface area (Å²) in [5.41, 5.74) is -1.90. The van der Waals surface area contributed by atoms with Crippen molar-refractivity contribution < 1.29 is 18.7 Å². The zero-order chi connectivity index (χ0) is 10.1. The van der Waals surface area contributed by atoms with Crippen molar-refractivity contribution in [2.24, 2.45) is 5.41 Å². The van der Waals surface area contributed by atoms with Crippen molar-refractivity contribution in [1.82, 2.24) is 0 Å². The van der Waals surface area contributed by atoms with Gasteiger partial charge in [-0.2, -0.15) is 0 Å². The molecule has 74 valence electrons. The number of allylic oxidation sites excluding steroid dienone is 1. The maximum absolute atomic E-state index is 12.7. The number of alkyl halides is 2. The van der Waals surface area contributed by atoms with E-state index in [4.69, 9.17) is 5.11 Å². The van der Waals surface area contributed by atoms with Crippen molar-refractivity contribution in [3.63, 3.8) is 0 Å². The summed E-state index contributed by atoms with van der Waals surface area (Å²) in [4.78, 5) is 10.6. The second kappa shape index (κ2) is 3.09. The van der Waals surface area contributed by atoms with Gasteiger partial charge in [0.05, 0.1) is 0 Å². The quantitative estimate of drug-likeness (QED) is 0.691. The van der Waals surface area contributed by atoms with Crippen LogP contribution in [0.5, 0.6) is 0 Å². The van der Waals surface area contributed by atoms with Gasteiger partial charge in [-0.1, -0.05) is 25.5 Å². The van der Waals surface area contributed by atoms with E-state index in [1.165, 1.54) is 6.08 Å². The molecule has 1 fully saturated rings. The average Bonchev–Trinajstić information content (AvgIpc) is 2.56. The molecule has 1 unspecified atom stereocenters. The third-order valence-corrected chi connectivity index (χ3v) is 2.27. The standard InChI is InChI=1S/C9H12F2O2/c1-2-3-4-5-8(7(12)13)6-9(8,10)11/h4-5H,2-3,6H2,1H3,(H,12,13)/b5-4+. The molecule has 2 nitrogen and oxygen atoms in total. The summed E-state index contributed by atoms with van der Waals surface area (Å²) in [5.74, 6) is -4.48. The van der Waals surface area contributed by atoms with E-state index in [0.717, 1.165) is 12.5 Å². The van der Waals surface area contributed by atoms with Crippen LogP contribution in [0.25, 0.3) is 0 Å². The first kappa shape index (κ1) is 10.2. The van der Waals surface area contributed by atoms with Crippen molar-refractivity contribution in [1.29, 1.82) is 0 Å².